The average molecular weight is 284 g/mol. The van der Waals surface area contributed by atoms with E-state index in [1.165, 1.54) is 0 Å². The second kappa shape index (κ2) is 5.99. The highest BCUT2D eigenvalue weighted by atomic mass is 16.4. The van der Waals surface area contributed by atoms with Crippen LogP contribution in [0.5, 0.6) is 0 Å². The smallest absolute Gasteiger partial charge is 0.320 e. The predicted molar refractivity (Wildman–Crippen MR) is 73.2 cm³/mol. The van der Waals surface area contributed by atoms with Crippen LogP contribution in [-0.4, -0.2) is 64.3 Å². The van der Waals surface area contributed by atoms with Gasteiger partial charge in [0.25, 0.3) is 0 Å². The molecule has 2 amide bonds. The molecule has 6 nitrogen and oxygen atoms in total. The highest BCUT2D eigenvalue weighted by Gasteiger charge is 2.39. The normalized spacial score (nSPS) is 29.6. The molecule has 0 aliphatic carbocycles. The number of piperidine rings is 1. The van der Waals surface area contributed by atoms with E-state index in [0.717, 1.165) is 12.8 Å². The number of hydrogen-bond donors (Lipinski definition) is 2. The van der Waals surface area contributed by atoms with Crippen LogP contribution in [0, 0.1) is 17.8 Å². The van der Waals surface area contributed by atoms with E-state index in [1.54, 1.807) is 16.7 Å². The molecule has 0 radical (unpaired) electrons. The van der Waals surface area contributed by atoms with Crippen LogP contribution in [0.1, 0.15) is 26.7 Å². The molecule has 0 aromatic heterocycles. The largest absolute Gasteiger partial charge is 0.481 e. The van der Waals surface area contributed by atoms with Gasteiger partial charge in [-0.1, -0.05) is 6.92 Å². The predicted octanol–water partition coefficient (Wildman–Crippen LogP) is 0.852. The van der Waals surface area contributed by atoms with Crippen LogP contribution in [0.3, 0.4) is 0 Å². The van der Waals surface area contributed by atoms with E-state index < -0.39 is 11.9 Å². The molecule has 114 valence electrons. The maximum atomic E-state index is 12.4. The van der Waals surface area contributed by atoms with Crippen LogP contribution >= 0.6 is 0 Å². The molecule has 0 aromatic rings. The summed E-state index contributed by atoms with van der Waals surface area (Å²) < 4.78 is 0. The van der Waals surface area contributed by atoms with Crippen molar-refractivity contribution in [1.82, 2.24) is 9.80 Å². The van der Waals surface area contributed by atoms with Gasteiger partial charge >= 0.3 is 12.0 Å². The van der Waals surface area contributed by atoms with Gasteiger partial charge in [-0.15, -0.1) is 0 Å². The Balaban J connectivity index is 1.89. The van der Waals surface area contributed by atoms with Gasteiger partial charge in [0.2, 0.25) is 0 Å². The number of carboxylic acid groups (broad SMARTS) is 1. The fraction of sp³-hybridized carbons (Fsp3) is 0.857. The van der Waals surface area contributed by atoms with Crippen LogP contribution in [0.2, 0.25) is 0 Å². The van der Waals surface area contributed by atoms with Crippen LogP contribution in [-0.2, 0) is 4.79 Å². The van der Waals surface area contributed by atoms with E-state index >= 15 is 0 Å². The number of aliphatic hydroxyl groups excluding tert-OH is 1. The maximum Gasteiger partial charge on any atom is 0.320 e. The van der Waals surface area contributed by atoms with Gasteiger partial charge in [-0.3, -0.25) is 4.79 Å². The molecule has 0 spiro atoms. The molecular weight excluding hydrogens is 260 g/mol. The van der Waals surface area contributed by atoms with Crippen molar-refractivity contribution in [3.8, 4) is 0 Å². The first kappa shape index (κ1) is 15.1. The second-order valence-corrected chi connectivity index (χ2v) is 6.17. The summed E-state index contributed by atoms with van der Waals surface area (Å²) in [7, 11) is 0. The lowest BCUT2D eigenvalue weighted by Gasteiger charge is -2.35. The van der Waals surface area contributed by atoms with Crippen LogP contribution < -0.4 is 0 Å². The molecule has 2 rings (SSSR count). The summed E-state index contributed by atoms with van der Waals surface area (Å²) in [6.45, 7) is 5.80. The standard InChI is InChI=1S/C14H24N2O4/c1-9-7-16(8-12(9)13(18)19)14(20)15-5-3-11(4-6-15)10(2)17/h9-12,17H,3-8H2,1-2H3,(H,18,19). The number of urea groups is 1. The Labute approximate surface area is 119 Å². The molecule has 2 aliphatic heterocycles. The number of hydrogen-bond acceptors (Lipinski definition) is 3. The van der Waals surface area contributed by atoms with Crippen LogP contribution in [0.25, 0.3) is 0 Å². The summed E-state index contributed by atoms with van der Waals surface area (Å²) in [4.78, 5) is 26.9. The summed E-state index contributed by atoms with van der Waals surface area (Å²) in [5.74, 6) is -0.996. The molecule has 2 aliphatic rings. The summed E-state index contributed by atoms with van der Waals surface area (Å²) >= 11 is 0. The van der Waals surface area contributed by atoms with Gasteiger partial charge in [0.1, 0.15) is 0 Å². The third kappa shape index (κ3) is 3.06. The lowest BCUT2D eigenvalue weighted by atomic mass is 9.92. The third-order valence-electron chi connectivity index (χ3n) is 4.69. The number of aliphatic carboxylic acids is 1. The van der Waals surface area contributed by atoms with Crippen molar-refractivity contribution >= 4 is 12.0 Å². The lowest BCUT2D eigenvalue weighted by Crippen LogP contribution is -2.47. The summed E-state index contributed by atoms with van der Waals surface area (Å²) in [6, 6.07) is -0.0513. The Morgan fingerprint density at radius 1 is 1.15 bits per heavy atom. The summed E-state index contributed by atoms with van der Waals surface area (Å²) in [5, 5.41) is 18.7. The van der Waals surface area contributed by atoms with Crippen molar-refractivity contribution < 1.29 is 19.8 Å². The van der Waals surface area contributed by atoms with E-state index in [0.29, 0.717) is 26.2 Å². The van der Waals surface area contributed by atoms with Crippen molar-refractivity contribution in [3.05, 3.63) is 0 Å². The molecule has 2 N–H and O–H groups in total. The molecule has 3 atom stereocenters. The topological polar surface area (TPSA) is 81.1 Å². The molecule has 0 aromatic carbocycles. The first-order valence-electron chi connectivity index (χ1n) is 7.35. The highest BCUT2D eigenvalue weighted by Crippen LogP contribution is 2.26. The number of carboxylic acids is 1. The SMILES string of the molecule is CC(O)C1CCN(C(=O)N2CC(C)C(C(=O)O)C2)CC1. The molecule has 6 heteroatoms. The number of likely N-dealkylation sites (tertiary alicyclic amines) is 2. The molecule has 0 saturated carbocycles. The van der Waals surface area contributed by atoms with Gasteiger partial charge in [0.05, 0.1) is 12.0 Å². The van der Waals surface area contributed by atoms with Crippen molar-refractivity contribution in [1.29, 1.82) is 0 Å². The van der Waals surface area contributed by atoms with E-state index in [2.05, 4.69) is 0 Å². The summed E-state index contributed by atoms with van der Waals surface area (Å²) in [5.41, 5.74) is 0. The van der Waals surface area contributed by atoms with Crippen molar-refractivity contribution in [2.45, 2.75) is 32.8 Å². The Hall–Kier alpha value is -1.30. The number of carbonyl (C=O) groups excluding carboxylic acids is 1. The lowest BCUT2D eigenvalue weighted by molar-refractivity contribution is -0.142. The zero-order valence-corrected chi connectivity index (χ0v) is 12.2. The Morgan fingerprint density at radius 2 is 1.75 bits per heavy atom. The van der Waals surface area contributed by atoms with Gasteiger partial charge in [-0.2, -0.15) is 0 Å². The average Bonchev–Trinajstić information content (AvgIpc) is 2.80. The van der Waals surface area contributed by atoms with Crippen molar-refractivity contribution in [2.75, 3.05) is 26.2 Å². The fourth-order valence-electron chi connectivity index (χ4n) is 3.22. The molecule has 3 unspecified atom stereocenters. The number of amides is 2. The quantitative estimate of drug-likeness (QED) is 0.788. The van der Waals surface area contributed by atoms with Crippen molar-refractivity contribution in [2.24, 2.45) is 17.8 Å². The minimum Gasteiger partial charge on any atom is -0.481 e. The fourth-order valence-corrected chi connectivity index (χ4v) is 3.22. The van der Waals surface area contributed by atoms with E-state index in [4.69, 9.17) is 5.11 Å². The molecule has 2 heterocycles. The van der Waals surface area contributed by atoms with Crippen LogP contribution in [0.15, 0.2) is 0 Å². The first-order chi connectivity index (χ1) is 9.40. The van der Waals surface area contributed by atoms with Gasteiger partial charge in [-0.05, 0) is 31.6 Å². The Bertz CT molecular complexity index is 377. The molecular formula is C14H24N2O4. The van der Waals surface area contributed by atoms with Crippen molar-refractivity contribution in [3.63, 3.8) is 0 Å². The van der Waals surface area contributed by atoms with E-state index in [-0.39, 0.29) is 24.0 Å². The Kier molecular flexibility index (Phi) is 4.52. The van der Waals surface area contributed by atoms with Gasteiger partial charge in [0, 0.05) is 26.2 Å². The van der Waals surface area contributed by atoms with E-state index in [9.17, 15) is 14.7 Å². The van der Waals surface area contributed by atoms with Gasteiger partial charge < -0.3 is 20.0 Å². The van der Waals surface area contributed by atoms with Gasteiger partial charge in [-0.25, -0.2) is 4.79 Å². The molecule has 2 fully saturated rings. The third-order valence-corrected chi connectivity index (χ3v) is 4.69. The second-order valence-electron chi connectivity index (χ2n) is 6.17. The minimum atomic E-state index is -0.819. The number of carbonyl (C=O) groups is 2. The zero-order valence-electron chi connectivity index (χ0n) is 12.2. The highest BCUT2D eigenvalue weighted by molar-refractivity contribution is 5.77. The number of rotatable bonds is 2. The monoisotopic (exact) mass is 284 g/mol. The first-order valence-corrected chi connectivity index (χ1v) is 7.35. The zero-order chi connectivity index (χ0) is 14.9. The van der Waals surface area contributed by atoms with Gasteiger partial charge in [0.15, 0.2) is 0 Å². The molecule has 2 saturated heterocycles. The molecule has 20 heavy (non-hydrogen) atoms. The van der Waals surface area contributed by atoms with E-state index in [1.807, 2.05) is 6.92 Å². The Morgan fingerprint density at radius 3 is 2.20 bits per heavy atom. The summed E-state index contributed by atoms with van der Waals surface area (Å²) in [6.07, 6.45) is 1.31. The minimum absolute atomic E-state index is 0.00598. The number of aliphatic hydroxyl groups is 1. The van der Waals surface area contributed by atoms with Crippen LogP contribution in [0.4, 0.5) is 4.79 Å². The maximum absolute atomic E-state index is 12.4. The number of nitrogens with zero attached hydrogens (tertiary/aromatic N) is 2. The molecule has 0 bridgehead atoms.